The molecule has 2 rings (SSSR count). The predicted octanol–water partition coefficient (Wildman–Crippen LogP) is 4.06. The van der Waals surface area contributed by atoms with Gasteiger partial charge in [0, 0.05) is 17.5 Å². The molecule has 1 aliphatic rings. The first-order valence-electron chi connectivity index (χ1n) is 8.32. The van der Waals surface area contributed by atoms with E-state index in [0.29, 0.717) is 6.04 Å². The lowest BCUT2D eigenvalue weighted by Crippen LogP contribution is -2.35. The second kappa shape index (κ2) is 8.60. The summed E-state index contributed by atoms with van der Waals surface area (Å²) in [5, 5.41) is 6.39. The van der Waals surface area contributed by atoms with Gasteiger partial charge in [-0.3, -0.25) is 5.32 Å². The molecule has 0 aliphatic carbocycles. The first kappa shape index (κ1) is 18.1. The van der Waals surface area contributed by atoms with Crippen molar-refractivity contribution in [2.75, 3.05) is 23.4 Å². The Labute approximate surface area is 143 Å². The number of rotatable bonds is 5. The lowest BCUT2D eigenvalue weighted by Gasteiger charge is -2.22. The van der Waals surface area contributed by atoms with Crippen LogP contribution in [0.3, 0.4) is 0 Å². The van der Waals surface area contributed by atoms with Gasteiger partial charge in [-0.15, -0.1) is 0 Å². The van der Waals surface area contributed by atoms with Crippen LogP contribution in [0, 0.1) is 0 Å². The highest BCUT2D eigenvalue weighted by molar-refractivity contribution is 7.99. The molecule has 5 heteroatoms. The van der Waals surface area contributed by atoms with Crippen LogP contribution in [0.4, 0.5) is 10.5 Å². The summed E-state index contributed by atoms with van der Waals surface area (Å²) >= 11 is 2.05. The summed E-state index contributed by atoms with van der Waals surface area (Å²) in [5.41, 5.74) is 1.56. The SMILES string of the molecule is CC(C)(C)OC(=O)Nc1ccc(CCNC2CCCSC2)cc1. The molecule has 1 unspecified atom stereocenters. The molecule has 1 fully saturated rings. The van der Waals surface area contributed by atoms with Crippen molar-refractivity contribution in [2.24, 2.45) is 0 Å². The molecule has 1 aromatic carbocycles. The van der Waals surface area contributed by atoms with Gasteiger partial charge in [0.25, 0.3) is 0 Å². The van der Waals surface area contributed by atoms with Crippen molar-refractivity contribution in [2.45, 2.75) is 51.7 Å². The van der Waals surface area contributed by atoms with Gasteiger partial charge in [-0.25, -0.2) is 4.79 Å². The normalized spacial score (nSPS) is 18.5. The number of benzene rings is 1. The minimum Gasteiger partial charge on any atom is -0.444 e. The maximum atomic E-state index is 11.7. The summed E-state index contributed by atoms with van der Waals surface area (Å²) in [6.07, 6.45) is 3.22. The first-order chi connectivity index (χ1) is 10.9. The van der Waals surface area contributed by atoms with Gasteiger partial charge in [0.2, 0.25) is 0 Å². The van der Waals surface area contributed by atoms with Crippen molar-refractivity contribution in [1.82, 2.24) is 5.32 Å². The smallest absolute Gasteiger partial charge is 0.412 e. The molecule has 1 saturated heterocycles. The average molecular weight is 337 g/mol. The van der Waals surface area contributed by atoms with Crippen LogP contribution < -0.4 is 10.6 Å². The molecular formula is C18H28N2O2S. The molecule has 2 N–H and O–H groups in total. The summed E-state index contributed by atoms with van der Waals surface area (Å²) < 4.78 is 5.24. The number of amides is 1. The van der Waals surface area contributed by atoms with E-state index in [-0.39, 0.29) is 0 Å². The van der Waals surface area contributed by atoms with Crippen LogP contribution in [0.2, 0.25) is 0 Å². The Morgan fingerprint density at radius 3 is 2.65 bits per heavy atom. The number of carbonyl (C=O) groups excluding carboxylic acids is 1. The number of hydrogen-bond acceptors (Lipinski definition) is 4. The van der Waals surface area contributed by atoms with E-state index < -0.39 is 11.7 Å². The highest BCUT2D eigenvalue weighted by Crippen LogP contribution is 2.17. The van der Waals surface area contributed by atoms with E-state index in [0.717, 1.165) is 18.7 Å². The maximum Gasteiger partial charge on any atom is 0.412 e. The third-order valence-electron chi connectivity index (χ3n) is 3.61. The van der Waals surface area contributed by atoms with Crippen molar-refractivity contribution in [3.8, 4) is 0 Å². The fourth-order valence-electron chi connectivity index (χ4n) is 2.50. The molecule has 1 aliphatic heterocycles. The molecule has 1 atom stereocenters. The maximum absolute atomic E-state index is 11.7. The molecule has 128 valence electrons. The zero-order valence-electron chi connectivity index (χ0n) is 14.4. The van der Waals surface area contributed by atoms with E-state index in [1.54, 1.807) is 0 Å². The standard InChI is InChI=1S/C18H28N2O2S/c1-18(2,3)22-17(21)20-15-8-6-14(7-9-15)10-11-19-16-5-4-12-23-13-16/h6-9,16,19H,4-5,10-13H2,1-3H3,(H,20,21). The first-order valence-corrected chi connectivity index (χ1v) is 9.48. The van der Waals surface area contributed by atoms with Crippen molar-refractivity contribution in [3.05, 3.63) is 29.8 Å². The minimum absolute atomic E-state index is 0.415. The molecule has 1 amide bonds. The van der Waals surface area contributed by atoms with Crippen molar-refractivity contribution in [1.29, 1.82) is 0 Å². The molecule has 0 spiro atoms. The summed E-state index contributed by atoms with van der Waals surface area (Å²) in [7, 11) is 0. The number of thioether (sulfide) groups is 1. The second-order valence-corrected chi connectivity index (χ2v) is 8.09. The third-order valence-corrected chi connectivity index (χ3v) is 4.82. The molecular weight excluding hydrogens is 308 g/mol. The lowest BCUT2D eigenvalue weighted by atomic mass is 10.1. The Bertz CT molecular complexity index is 491. The number of carbonyl (C=O) groups is 1. The Kier molecular flexibility index (Phi) is 6.78. The molecule has 4 nitrogen and oxygen atoms in total. The van der Waals surface area contributed by atoms with Gasteiger partial charge in [0.1, 0.15) is 5.60 Å². The van der Waals surface area contributed by atoms with Crippen LogP contribution >= 0.6 is 11.8 Å². The molecule has 0 saturated carbocycles. The van der Waals surface area contributed by atoms with E-state index in [1.807, 2.05) is 44.7 Å². The lowest BCUT2D eigenvalue weighted by molar-refractivity contribution is 0.0636. The highest BCUT2D eigenvalue weighted by atomic mass is 32.2. The van der Waals surface area contributed by atoms with Gasteiger partial charge in [-0.1, -0.05) is 12.1 Å². The van der Waals surface area contributed by atoms with Gasteiger partial charge < -0.3 is 10.1 Å². The summed E-state index contributed by atoms with van der Waals surface area (Å²) in [4.78, 5) is 11.7. The van der Waals surface area contributed by atoms with Crippen LogP contribution in [0.25, 0.3) is 0 Å². The Hall–Kier alpha value is -1.20. The molecule has 23 heavy (non-hydrogen) atoms. The van der Waals surface area contributed by atoms with Gasteiger partial charge in [0.15, 0.2) is 0 Å². The van der Waals surface area contributed by atoms with E-state index in [2.05, 4.69) is 22.8 Å². The number of ether oxygens (including phenoxy) is 1. The van der Waals surface area contributed by atoms with E-state index in [4.69, 9.17) is 4.74 Å². The third kappa shape index (κ3) is 7.27. The van der Waals surface area contributed by atoms with Gasteiger partial charge in [-0.2, -0.15) is 11.8 Å². The Morgan fingerprint density at radius 2 is 2.04 bits per heavy atom. The van der Waals surface area contributed by atoms with Crippen molar-refractivity contribution in [3.63, 3.8) is 0 Å². The fourth-order valence-corrected chi connectivity index (χ4v) is 3.61. The summed E-state index contributed by atoms with van der Waals surface area (Å²) in [6.45, 7) is 6.57. The highest BCUT2D eigenvalue weighted by Gasteiger charge is 2.16. The topological polar surface area (TPSA) is 50.4 Å². The Balaban J connectivity index is 1.72. The van der Waals surface area contributed by atoms with Gasteiger partial charge >= 0.3 is 6.09 Å². The summed E-state index contributed by atoms with van der Waals surface area (Å²) in [6, 6.07) is 8.64. The number of nitrogens with one attached hydrogen (secondary N) is 2. The van der Waals surface area contributed by atoms with Crippen LogP contribution in [0.5, 0.6) is 0 Å². The van der Waals surface area contributed by atoms with Crippen LogP contribution in [-0.4, -0.2) is 35.8 Å². The largest absolute Gasteiger partial charge is 0.444 e. The fraction of sp³-hybridized carbons (Fsp3) is 0.611. The van der Waals surface area contributed by atoms with Gasteiger partial charge in [-0.05, 0) is 70.0 Å². The van der Waals surface area contributed by atoms with E-state index in [1.165, 1.54) is 29.9 Å². The van der Waals surface area contributed by atoms with Crippen LogP contribution in [0.15, 0.2) is 24.3 Å². The van der Waals surface area contributed by atoms with Crippen LogP contribution in [-0.2, 0) is 11.2 Å². The number of hydrogen-bond donors (Lipinski definition) is 2. The number of anilines is 1. The molecule has 0 bridgehead atoms. The van der Waals surface area contributed by atoms with E-state index >= 15 is 0 Å². The average Bonchev–Trinajstić information content (AvgIpc) is 2.48. The Morgan fingerprint density at radius 1 is 1.30 bits per heavy atom. The van der Waals surface area contributed by atoms with Gasteiger partial charge in [0.05, 0.1) is 0 Å². The summed E-state index contributed by atoms with van der Waals surface area (Å²) in [5.74, 6) is 2.54. The van der Waals surface area contributed by atoms with Crippen molar-refractivity contribution < 1.29 is 9.53 Å². The quantitative estimate of drug-likeness (QED) is 0.851. The molecule has 0 radical (unpaired) electrons. The predicted molar refractivity (Wildman–Crippen MR) is 98.4 cm³/mol. The molecule has 0 aromatic heterocycles. The van der Waals surface area contributed by atoms with E-state index in [9.17, 15) is 4.79 Å². The molecule has 1 aromatic rings. The second-order valence-electron chi connectivity index (χ2n) is 6.94. The van der Waals surface area contributed by atoms with Crippen LogP contribution in [0.1, 0.15) is 39.2 Å². The monoisotopic (exact) mass is 336 g/mol. The minimum atomic E-state index is -0.479. The zero-order valence-corrected chi connectivity index (χ0v) is 15.2. The zero-order chi connectivity index (χ0) is 16.7. The molecule has 1 heterocycles. The van der Waals surface area contributed by atoms with Crippen molar-refractivity contribution >= 4 is 23.5 Å².